The second-order valence-corrected chi connectivity index (χ2v) is 5.85. The Bertz CT molecular complexity index is 352. The van der Waals surface area contributed by atoms with Gasteiger partial charge in [0.2, 0.25) is 0 Å². The molecule has 19 heavy (non-hydrogen) atoms. The molecule has 1 aromatic carbocycles. The van der Waals surface area contributed by atoms with Gasteiger partial charge < -0.3 is 11.1 Å². The van der Waals surface area contributed by atoms with E-state index in [0.29, 0.717) is 0 Å². The van der Waals surface area contributed by atoms with E-state index in [2.05, 4.69) is 29.6 Å². The van der Waals surface area contributed by atoms with Gasteiger partial charge in [0, 0.05) is 6.04 Å². The molecule has 0 aliphatic heterocycles. The zero-order chi connectivity index (χ0) is 13.5. The number of rotatable bonds is 6. The fourth-order valence-electron chi connectivity index (χ4n) is 3.12. The minimum absolute atomic E-state index is 0.189. The topological polar surface area (TPSA) is 38.0 Å². The number of hydrogen-bond acceptors (Lipinski definition) is 2. The Morgan fingerprint density at radius 3 is 2.47 bits per heavy atom. The van der Waals surface area contributed by atoms with Crippen LogP contribution in [0.25, 0.3) is 0 Å². The molecule has 2 nitrogen and oxygen atoms in total. The molecule has 0 radical (unpaired) electrons. The van der Waals surface area contributed by atoms with Gasteiger partial charge in [-0.3, -0.25) is 0 Å². The molecule has 3 N–H and O–H groups in total. The Kier molecular flexibility index (Phi) is 5.87. The molecule has 2 rings (SSSR count). The van der Waals surface area contributed by atoms with Crippen LogP contribution in [0, 0.1) is 0 Å². The van der Waals surface area contributed by atoms with Gasteiger partial charge in [-0.2, -0.15) is 0 Å². The molecular weight excluding hydrogens is 232 g/mol. The highest BCUT2D eigenvalue weighted by Gasteiger charge is 2.15. The summed E-state index contributed by atoms with van der Waals surface area (Å²) in [6.07, 6.45) is 9.16. The van der Waals surface area contributed by atoms with Crippen molar-refractivity contribution in [2.45, 2.75) is 56.9 Å². The van der Waals surface area contributed by atoms with Crippen molar-refractivity contribution >= 4 is 0 Å². The summed E-state index contributed by atoms with van der Waals surface area (Å²) in [5, 5.41) is 3.17. The van der Waals surface area contributed by atoms with Crippen molar-refractivity contribution in [1.29, 1.82) is 0 Å². The first kappa shape index (κ1) is 14.5. The van der Waals surface area contributed by atoms with Crippen LogP contribution < -0.4 is 11.1 Å². The molecule has 1 unspecified atom stereocenters. The first-order valence-electron chi connectivity index (χ1n) is 7.81. The molecule has 0 spiro atoms. The van der Waals surface area contributed by atoms with Crippen LogP contribution in [0.4, 0.5) is 0 Å². The Hall–Kier alpha value is -0.860. The molecule has 1 aliphatic rings. The van der Waals surface area contributed by atoms with Crippen molar-refractivity contribution < 1.29 is 0 Å². The van der Waals surface area contributed by atoms with Gasteiger partial charge in [0.25, 0.3) is 0 Å². The van der Waals surface area contributed by atoms with Crippen LogP contribution in [0.2, 0.25) is 0 Å². The van der Waals surface area contributed by atoms with E-state index in [9.17, 15) is 0 Å². The molecule has 1 atom stereocenters. The first-order valence-corrected chi connectivity index (χ1v) is 7.81. The molecule has 106 valence electrons. The SMILES string of the molecule is CNCCCC(N)c1ccc(C2CCCCC2)cc1. The highest BCUT2D eigenvalue weighted by molar-refractivity contribution is 5.27. The monoisotopic (exact) mass is 260 g/mol. The van der Waals surface area contributed by atoms with E-state index in [-0.39, 0.29) is 6.04 Å². The van der Waals surface area contributed by atoms with E-state index >= 15 is 0 Å². The lowest BCUT2D eigenvalue weighted by Crippen LogP contribution is -2.14. The fraction of sp³-hybridized carbons (Fsp3) is 0.647. The van der Waals surface area contributed by atoms with Crippen molar-refractivity contribution in [2.75, 3.05) is 13.6 Å². The molecule has 0 saturated heterocycles. The predicted molar refractivity (Wildman–Crippen MR) is 82.4 cm³/mol. The maximum absolute atomic E-state index is 6.24. The van der Waals surface area contributed by atoms with E-state index in [0.717, 1.165) is 25.3 Å². The third-order valence-electron chi connectivity index (χ3n) is 4.38. The van der Waals surface area contributed by atoms with Crippen molar-refractivity contribution in [2.24, 2.45) is 5.73 Å². The fourth-order valence-corrected chi connectivity index (χ4v) is 3.12. The van der Waals surface area contributed by atoms with Crippen LogP contribution in [0.3, 0.4) is 0 Å². The molecule has 0 aromatic heterocycles. The van der Waals surface area contributed by atoms with Gasteiger partial charge in [0.05, 0.1) is 0 Å². The molecule has 1 fully saturated rings. The normalized spacial score (nSPS) is 18.4. The first-order chi connectivity index (χ1) is 9.31. The van der Waals surface area contributed by atoms with Gasteiger partial charge in [-0.1, -0.05) is 43.5 Å². The molecule has 1 saturated carbocycles. The highest BCUT2D eigenvalue weighted by atomic mass is 14.8. The Morgan fingerprint density at radius 1 is 1.16 bits per heavy atom. The number of nitrogens with one attached hydrogen (secondary N) is 1. The molecule has 1 aromatic rings. The van der Waals surface area contributed by atoms with Gasteiger partial charge in [0.1, 0.15) is 0 Å². The summed E-state index contributed by atoms with van der Waals surface area (Å²) < 4.78 is 0. The van der Waals surface area contributed by atoms with E-state index in [1.165, 1.54) is 43.2 Å². The number of nitrogens with two attached hydrogens (primary N) is 1. The zero-order valence-corrected chi connectivity index (χ0v) is 12.2. The van der Waals surface area contributed by atoms with Gasteiger partial charge >= 0.3 is 0 Å². The third-order valence-corrected chi connectivity index (χ3v) is 4.38. The maximum atomic E-state index is 6.24. The average molecular weight is 260 g/mol. The summed E-state index contributed by atoms with van der Waals surface area (Å²) in [4.78, 5) is 0. The third kappa shape index (κ3) is 4.32. The van der Waals surface area contributed by atoms with E-state index in [4.69, 9.17) is 5.73 Å². The number of hydrogen-bond donors (Lipinski definition) is 2. The van der Waals surface area contributed by atoms with Crippen LogP contribution in [-0.2, 0) is 0 Å². The lowest BCUT2D eigenvalue weighted by Gasteiger charge is -2.22. The summed E-state index contributed by atoms with van der Waals surface area (Å²) >= 11 is 0. The summed E-state index contributed by atoms with van der Waals surface area (Å²) in [6.45, 7) is 1.05. The highest BCUT2D eigenvalue weighted by Crippen LogP contribution is 2.33. The van der Waals surface area contributed by atoms with Crippen LogP contribution in [0.5, 0.6) is 0 Å². The van der Waals surface area contributed by atoms with Gasteiger partial charge in [-0.05, 0) is 56.3 Å². The lowest BCUT2D eigenvalue weighted by atomic mass is 9.83. The minimum Gasteiger partial charge on any atom is -0.324 e. The smallest absolute Gasteiger partial charge is 0.0295 e. The molecular formula is C17H28N2. The van der Waals surface area contributed by atoms with Crippen LogP contribution in [0.15, 0.2) is 24.3 Å². The summed E-state index contributed by atoms with van der Waals surface area (Å²) in [5.74, 6) is 0.795. The Balaban J connectivity index is 1.89. The Morgan fingerprint density at radius 2 is 1.84 bits per heavy atom. The van der Waals surface area contributed by atoms with Gasteiger partial charge in [-0.25, -0.2) is 0 Å². The average Bonchev–Trinajstić information content (AvgIpc) is 2.48. The van der Waals surface area contributed by atoms with Crippen molar-refractivity contribution in [1.82, 2.24) is 5.32 Å². The van der Waals surface area contributed by atoms with Crippen molar-refractivity contribution in [3.05, 3.63) is 35.4 Å². The standard InChI is InChI=1S/C17H28N2/c1-19-13-5-8-17(18)16-11-9-15(10-12-16)14-6-3-2-4-7-14/h9-12,14,17,19H,2-8,13,18H2,1H3. The summed E-state index contributed by atoms with van der Waals surface area (Å²) in [5.41, 5.74) is 9.04. The lowest BCUT2D eigenvalue weighted by molar-refractivity contribution is 0.443. The maximum Gasteiger partial charge on any atom is 0.0295 e. The molecule has 0 heterocycles. The van der Waals surface area contributed by atoms with Gasteiger partial charge in [0.15, 0.2) is 0 Å². The Labute approximate surface area is 117 Å². The van der Waals surface area contributed by atoms with Crippen molar-refractivity contribution in [3.8, 4) is 0 Å². The summed E-state index contributed by atoms with van der Waals surface area (Å²) in [6, 6.07) is 9.29. The van der Waals surface area contributed by atoms with Crippen LogP contribution in [-0.4, -0.2) is 13.6 Å². The molecule has 0 bridgehead atoms. The predicted octanol–water partition coefficient (Wildman–Crippen LogP) is 3.73. The van der Waals surface area contributed by atoms with E-state index in [1.54, 1.807) is 0 Å². The zero-order valence-electron chi connectivity index (χ0n) is 12.2. The van der Waals surface area contributed by atoms with E-state index in [1.807, 2.05) is 7.05 Å². The molecule has 0 amide bonds. The molecule has 2 heteroatoms. The second kappa shape index (κ2) is 7.66. The molecule has 1 aliphatic carbocycles. The van der Waals surface area contributed by atoms with E-state index < -0.39 is 0 Å². The largest absolute Gasteiger partial charge is 0.324 e. The van der Waals surface area contributed by atoms with Crippen molar-refractivity contribution in [3.63, 3.8) is 0 Å². The minimum atomic E-state index is 0.189. The van der Waals surface area contributed by atoms with Gasteiger partial charge in [-0.15, -0.1) is 0 Å². The van der Waals surface area contributed by atoms with Crippen LogP contribution in [0.1, 0.15) is 68.0 Å². The second-order valence-electron chi connectivity index (χ2n) is 5.85. The van der Waals surface area contributed by atoms with Crippen LogP contribution >= 0.6 is 0 Å². The summed E-state index contributed by atoms with van der Waals surface area (Å²) in [7, 11) is 1.99. The quantitative estimate of drug-likeness (QED) is 0.765. The number of benzene rings is 1.